The summed E-state index contributed by atoms with van der Waals surface area (Å²) >= 11 is 12.1. The van der Waals surface area contributed by atoms with E-state index in [-0.39, 0.29) is 11.3 Å². The number of aromatic amines is 1. The average molecular weight is 491 g/mol. The molecule has 5 nitrogen and oxygen atoms in total. The van der Waals surface area contributed by atoms with Gasteiger partial charge in [0.2, 0.25) is 0 Å². The number of aromatic nitrogens is 1. The molecule has 0 aliphatic carbocycles. The molecular weight excluding hydrogens is 471 g/mol. The van der Waals surface area contributed by atoms with Crippen molar-refractivity contribution >= 4 is 51.6 Å². The van der Waals surface area contributed by atoms with E-state index in [0.29, 0.717) is 34.1 Å². The molecule has 5 rings (SSSR count). The molecule has 4 aromatic rings. The highest BCUT2D eigenvalue weighted by atomic mass is 35.5. The number of hydrogen-bond donors (Lipinski definition) is 2. The normalized spacial score (nSPS) is 17.6. The van der Waals surface area contributed by atoms with Gasteiger partial charge in [-0.15, -0.1) is 0 Å². The number of fused-ring (bicyclic) bond motifs is 1. The molecule has 34 heavy (non-hydrogen) atoms. The Bertz CT molecular complexity index is 1420. The Kier molecular flexibility index (Phi) is 5.90. The fourth-order valence-corrected chi connectivity index (χ4v) is 4.70. The first-order chi connectivity index (χ1) is 16.4. The molecule has 0 bridgehead atoms. The maximum Gasteiger partial charge on any atom is 0.295 e. The molecule has 1 saturated heterocycles. The van der Waals surface area contributed by atoms with Crippen LogP contribution in [0.1, 0.15) is 22.7 Å². The number of para-hydroxylation sites is 1. The molecule has 1 unspecified atom stereocenters. The van der Waals surface area contributed by atoms with Crippen molar-refractivity contribution in [3.63, 3.8) is 0 Å². The van der Waals surface area contributed by atoms with Gasteiger partial charge in [-0.25, -0.2) is 0 Å². The molecule has 1 fully saturated rings. The van der Waals surface area contributed by atoms with Crippen LogP contribution in [-0.4, -0.2) is 33.2 Å². The third-order valence-corrected chi connectivity index (χ3v) is 6.64. The summed E-state index contributed by atoms with van der Waals surface area (Å²) in [6.07, 6.45) is 2.47. The third-order valence-electron chi connectivity index (χ3n) is 6.14. The number of aliphatic hydroxyl groups excluding tert-OH is 1. The number of aliphatic hydroxyl groups is 1. The minimum atomic E-state index is -0.738. The largest absolute Gasteiger partial charge is 0.507 e. The number of Topliss-reactive ketones (excluding diaryl/α,β-unsaturated/α-hetero) is 1. The van der Waals surface area contributed by atoms with Gasteiger partial charge in [-0.1, -0.05) is 53.5 Å². The van der Waals surface area contributed by atoms with Crippen LogP contribution in [0.5, 0.6) is 0 Å². The van der Waals surface area contributed by atoms with Crippen molar-refractivity contribution in [2.45, 2.75) is 12.5 Å². The number of amides is 1. The lowest BCUT2D eigenvalue weighted by molar-refractivity contribution is -0.139. The molecular formula is C27H20Cl2N2O3. The highest BCUT2D eigenvalue weighted by molar-refractivity contribution is 6.46. The first-order valence-corrected chi connectivity index (χ1v) is 11.5. The Hall–Kier alpha value is -3.54. The monoisotopic (exact) mass is 490 g/mol. The number of carbonyl (C=O) groups is 2. The van der Waals surface area contributed by atoms with E-state index in [9.17, 15) is 14.7 Å². The molecule has 0 radical (unpaired) electrons. The van der Waals surface area contributed by atoms with Gasteiger partial charge < -0.3 is 15.0 Å². The van der Waals surface area contributed by atoms with Crippen LogP contribution in [0, 0.1) is 0 Å². The van der Waals surface area contributed by atoms with E-state index in [2.05, 4.69) is 4.98 Å². The fraction of sp³-hybridized carbons (Fsp3) is 0.111. The van der Waals surface area contributed by atoms with Crippen LogP contribution in [0.15, 0.2) is 84.6 Å². The Morgan fingerprint density at radius 2 is 1.56 bits per heavy atom. The number of nitrogens with one attached hydrogen (secondary N) is 1. The number of likely N-dealkylation sites (tertiary alicyclic amines) is 1. The molecule has 2 heterocycles. The lowest BCUT2D eigenvalue weighted by Crippen LogP contribution is -2.31. The Labute approximate surface area is 206 Å². The summed E-state index contributed by atoms with van der Waals surface area (Å²) in [7, 11) is 0. The Morgan fingerprint density at radius 1 is 0.912 bits per heavy atom. The average Bonchev–Trinajstić information content (AvgIpc) is 3.37. The number of nitrogens with zero attached hydrogens (tertiary/aromatic N) is 1. The van der Waals surface area contributed by atoms with Crippen LogP contribution >= 0.6 is 23.2 Å². The molecule has 1 aromatic heterocycles. The lowest BCUT2D eigenvalue weighted by Gasteiger charge is -2.25. The minimum absolute atomic E-state index is 0.0496. The van der Waals surface area contributed by atoms with Gasteiger partial charge in [-0.3, -0.25) is 9.59 Å². The number of rotatable bonds is 5. The lowest BCUT2D eigenvalue weighted by atomic mass is 9.95. The standard InChI is InChI=1S/C27H20Cl2N2O3/c28-19-9-5-16(6-10-19)24-23(25(32)17-7-11-20(29)12-8-17)26(33)27(34)31(24)14-13-18-15-30-22-4-2-1-3-21(18)22/h1-12,15,24,30,32H,13-14H2/b25-23+. The first-order valence-electron chi connectivity index (χ1n) is 10.8. The van der Waals surface area contributed by atoms with Gasteiger partial charge in [0.25, 0.3) is 11.7 Å². The van der Waals surface area contributed by atoms with Gasteiger partial charge in [0, 0.05) is 39.3 Å². The van der Waals surface area contributed by atoms with Gasteiger partial charge in [0.1, 0.15) is 5.76 Å². The van der Waals surface area contributed by atoms with E-state index in [1.807, 2.05) is 30.5 Å². The van der Waals surface area contributed by atoms with Crippen LogP contribution in [-0.2, 0) is 16.0 Å². The second-order valence-electron chi connectivity index (χ2n) is 8.16. The molecule has 7 heteroatoms. The van der Waals surface area contributed by atoms with Crippen LogP contribution in [0.25, 0.3) is 16.7 Å². The topological polar surface area (TPSA) is 73.4 Å². The van der Waals surface area contributed by atoms with Gasteiger partial charge in [0.15, 0.2) is 0 Å². The summed E-state index contributed by atoms with van der Waals surface area (Å²) in [6, 6.07) is 20.6. The number of benzene rings is 3. The van der Waals surface area contributed by atoms with Crippen molar-refractivity contribution in [1.82, 2.24) is 9.88 Å². The van der Waals surface area contributed by atoms with E-state index in [0.717, 1.165) is 16.5 Å². The second-order valence-corrected chi connectivity index (χ2v) is 9.03. The highest BCUT2D eigenvalue weighted by Gasteiger charge is 2.45. The van der Waals surface area contributed by atoms with Crippen LogP contribution in [0.2, 0.25) is 10.0 Å². The summed E-state index contributed by atoms with van der Waals surface area (Å²) in [5, 5.41) is 13.2. The van der Waals surface area contributed by atoms with Gasteiger partial charge in [-0.2, -0.15) is 0 Å². The van der Waals surface area contributed by atoms with E-state index in [4.69, 9.17) is 23.2 Å². The second kappa shape index (κ2) is 9.01. The SMILES string of the molecule is O=C1C(=O)N(CCc2c[nH]c3ccccc23)C(c2ccc(Cl)cc2)/C1=C(\O)c1ccc(Cl)cc1. The molecule has 0 saturated carbocycles. The van der Waals surface area contributed by atoms with Gasteiger partial charge >= 0.3 is 0 Å². The predicted octanol–water partition coefficient (Wildman–Crippen LogP) is 6.14. The van der Waals surface area contributed by atoms with E-state index in [1.54, 1.807) is 48.5 Å². The summed E-state index contributed by atoms with van der Waals surface area (Å²) < 4.78 is 0. The van der Waals surface area contributed by atoms with Crippen molar-refractivity contribution in [1.29, 1.82) is 0 Å². The molecule has 170 valence electrons. The third kappa shape index (κ3) is 3.98. The summed E-state index contributed by atoms with van der Waals surface area (Å²) in [6.45, 7) is 0.303. The quantitative estimate of drug-likeness (QED) is 0.200. The highest BCUT2D eigenvalue weighted by Crippen LogP contribution is 2.40. The number of carbonyl (C=O) groups excluding carboxylic acids is 2. The van der Waals surface area contributed by atoms with Crippen LogP contribution < -0.4 is 0 Å². The van der Waals surface area contributed by atoms with E-state index >= 15 is 0 Å². The van der Waals surface area contributed by atoms with Gasteiger partial charge in [-0.05, 0) is 60.0 Å². The van der Waals surface area contributed by atoms with Crippen LogP contribution in [0.3, 0.4) is 0 Å². The first kappa shape index (κ1) is 22.3. The maximum absolute atomic E-state index is 13.2. The molecule has 1 aliphatic rings. The van der Waals surface area contributed by atoms with Crippen molar-refractivity contribution in [2.24, 2.45) is 0 Å². The summed E-state index contributed by atoms with van der Waals surface area (Å²) in [5.74, 6) is -1.59. The minimum Gasteiger partial charge on any atom is -0.507 e. The molecule has 0 spiro atoms. The van der Waals surface area contributed by atoms with E-state index < -0.39 is 17.7 Å². The number of ketones is 1. The zero-order chi connectivity index (χ0) is 23.8. The number of hydrogen-bond acceptors (Lipinski definition) is 3. The fourth-order valence-electron chi connectivity index (χ4n) is 4.44. The van der Waals surface area contributed by atoms with Crippen molar-refractivity contribution in [2.75, 3.05) is 6.54 Å². The van der Waals surface area contributed by atoms with Crippen molar-refractivity contribution in [3.8, 4) is 0 Å². The molecule has 2 N–H and O–H groups in total. The zero-order valence-electron chi connectivity index (χ0n) is 18.0. The predicted molar refractivity (Wildman–Crippen MR) is 134 cm³/mol. The van der Waals surface area contributed by atoms with E-state index in [1.165, 1.54) is 4.90 Å². The smallest absolute Gasteiger partial charge is 0.295 e. The molecule has 3 aromatic carbocycles. The summed E-state index contributed by atoms with van der Waals surface area (Å²) in [4.78, 5) is 31.1. The van der Waals surface area contributed by atoms with Crippen molar-refractivity contribution in [3.05, 3.63) is 111 Å². The Balaban J connectivity index is 1.56. The zero-order valence-corrected chi connectivity index (χ0v) is 19.5. The molecule has 1 amide bonds. The number of H-pyrrole nitrogens is 1. The maximum atomic E-state index is 13.2. The van der Waals surface area contributed by atoms with Gasteiger partial charge in [0.05, 0.1) is 11.6 Å². The molecule has 1 aliphatic heterocycles. The number of halogens is 2. The molecule has 1 atom stereocenters. The Morgan fingerprint density at radius 3 is 2.26 bits per heavy atom. The van der Waals surface area contributed by atoms with Crippen molar-refractivity contribution < 1.29 is 14.7 Å². The summed E-state index contributed by atoms with van der Waals surface area (Å²) in [5.41, 5.74) is 3.21. The van der Waals surface area contributed by atoms with Crippen LogP contribution in [0.4, 0.5) is 0 Å².